The number of hydrogen-bond acceptors (Lipinski definition) is 2. The lowest BCUT2D eigenvalue weighted by molar-refractivity contribution is -0.117. The van der Waals surface area contributed by atoms with Gasteiger partial charge in [0.1, 0.15) is 5.82 Å². The molecule has 2 aromatic rings. The second kappa shape index (κ2) is 6.50. The maximum atomic E-state index is 13.0. The predicted octanol–water partition coefficient (Wildman–Crippen LogP) is 3.12. The van der Waals surface area contributed by atoms with Crippen molar-refractivity contribution in [2.75, 3.05) is 11.4 Å². The van der Waals surface area contributed by atoms with Crippen LogP contribution in [0.5, 0.6) is 0 Å². The zero-order valence-corrected chi connectivity index (χ0v) is 13.7. The van der Waals surface area contributed by atoms with E-state index in [1.165, 1.54) is 12.1 Å². The number of nitrogens with one attached hydrogen (secondary N) is 1. The third-order valence-corrected chi connectivity index (χ3v) is 4.18. The van der Waals surface area contributed by atoms with Gasteiger partial charge in [0.25, 0.3) is 5.91 Å². The lowest BCUT2D eigenvalue weighted by Crippen LogP contribution is -2.37. The molecule has 2 amide bonds. The lowest BCUT2D eigenvalue weighted by atomic mass is 10.2. The Morgan fingerprint density at radius 3 is 2.65 bits per heavy atom. The van der Waals surface area contributed by atoms with E-state index in [0.717, 1.165) is 4.47 Å². The molecule has 1 aliphatic rings. The van der Waals surface area contributed by atoms with Crippen molar-refractivity contribution in [3.05, 3.63) is 64.4 Å². The minimum Gasteiger partial charge on any atom is -0.347 e. The van der Waals surface area contributed by atoms with Crippen molar-refractivity contribution in [3.63, 3.8) is 0 Å². The first-order chi connectivity index (χ1) is 11.0. The van der Waals surface area contributed by atoms with E-state index in [4.69, 9.17) is 0 Å². The summed E-state index contributed by atoms with van der Waals surface area (Å²) in [5.41, 5.74) is 1.17. The molecule has 6 heteroatoms. The average molecular weight is 377 g/mol. The normalized spacial score (nSPS) is 17.4. The fourth-order valence-corrected chi connectivity index (χ4v) is 2.97. The molecular formula is C17H14BrFN2O2. The van der Waals surface area contributed by atoms with Crippen molar-refractivity contribution >= 4 is 33.4 Å². The van der Waals surface area contributed by atoms with Crippen molar-refractivity contribution in [2.45, 2.75) is 12.5 Å². The molecule has 0 aliphatic carbocycles. The number of hydrogen-bond donors (Lipinski definition) is 1. The minimum atomic E-state index is -0.347. The summed E-state index contributed by atoms with van der Waals surface area (Å²) in [4.78, 5) is 25.9. The minimum absolute atomic E-state index is 0.0869. The maximum absolute atomic E-state index is 13.0. The van der Waals surface area contributed by atoms with Gasteiger partial charge in [-0.15, -0.1) is 0 Å². The monoisotopic (exact) mass is 376 g/mol. The molecule has 1 saturated heterocycles. The molecule has 0 saturated carbocycles. The van der Waals surface area contributed by atoms with E-state index in [-0.39, 0.29) is 30.1 Å². The Hall–Kier alpha value is -2.21. The van der Waals surface area contributed by atoms with E-state index >= 15 is 0 Å². The van der Waals surface area contributed by atoms with E-state index < -0.39 is 0 Å². The molecular weight excluding hydrogens is 363 g/mol. The van der Waals surface area contributed by atoms with Crippen molar-refractivity contribution in [2.24, 2.45) is 0 Å². The van der Waals surface area contributed by atoms with Gasteiger partial charge in [0.05, 0.1) is 6.04 Å². The van der Waals surface area contributed by atoms with Gasteiger partial charge >= 0.3 is 0 Å². The van der Waals surface area contributed by atoms with Crippen molar-refractivity contribution in [1.82, 2.24) is 5.32 Å². The number of halogens is 2. The van der Waals surface area contributed by atoms with Crippen LogP contribution in [-0.2, 0) is 4.79 Å². The van der Waals surface area contributed by atoms with E-state index in [9.17, 15) is 14.0 Å². The molecule has 1 fully saturated rings. The summed E-state index contributed by atoms with van der Waals surface area (Å²) in [5.74, 6) is -0.652. The van der Waals surface area contributed by atoms with Gasteiger partial charge in [0.15, 0.2) is 0 Å². The number of amides is 2. The number of carbonyl (C=O) groups is 2. The van der Waals surface area contributed by atoms with Gasteiger partial charge in [0.2, 0.25) is 5.91 Å². The standard InChI is InChI=1S/C17H14BrFN2O2/c18-12-3-1-2-11(8-12)17(23)20-14-9-16(22)21(10-14)15-6-4-13(19)5-7-15/h1-8,14H,9-10H2,(H,20,23)/t14-/m0/s1. The van der Waals surface area contributed by atoms with Crippen LogP contribution in [0.4, 0.5) is 10.1 Å². The van der Waals surface area contributed by atoms with Crippen LogP contribution in [0.25, 0.3) is 0 Å². The molecule has 0 aromatic heterocycles. The quantitative estimate of drug-likeness (QED) is 0.894. The Bertz CT molecular complexity index is 749. The zero-order chi connectivity index (χ0) is 16.4. The van der Waals surface area contributed by atoms with E-state index in [2.05, 4.69) is 21.2 Å². The summed E-state index contributed by atoms with van der Waals surface area (Å²) < 4.78 is 13.8. The highest BCUT2D eigenvalue weighted by molar-refractivity contribution is 9.10. The van der Waals surface area contributed by atoms with Crippen molar-refractivity contribution < 1.29 is 14.0 Å². The highest BCUT2D eigenvalue weighted by Crippen LogP contribution is 2.22. The van der Waals surface area contributed by atoms with E-state index in [1.807, 2.05) is 6.07 Å². The largest absolute Gasteiger partial charge is 0.347 e. The fraction of sp³-hybridized carbons (Fsp3) is 0.176. The molecule has 1 N–H and O–H groups in total. The predicted molar refractivity (Wildman–Crippen MR) is 88.8 cm³/mol. The van der Waals surface area contributed by atoms with Crippen LogP contribution in [-0.4, -0.2) is 24.4 Å². The first-order valence-corrected chi connectivity index (χ1v) is 7.94. The van der Waals surface area contributed by atoms with Crippen LogP contribution in [0, 0.1) is 5.82 Å². The molecule has 0 bridgehead atoms. The molecule has 23 heavy (non-hydrogen) atoms. The zero-order valence-electron chi connectivity index (χ0n) is 12.1. The number of anilines is 1. The van der Waals surface area contributed by atoms with Gasteiger partial charge in [-0.1, -0.05) is 22.0 Å². The molecule has 1 heterocycles. The van der Waals surface area contributed by atoms with Gasteiger partial charge in [-0.2, -0.15) is 0 Å². The second-order valence-corrected chi connectivity index (χ2v) is 6.28. The first kappa shape index (κ1) is 15.7. The van der Waals surface area contributed by atoms with Gasteiger partial charge in [0, 0.05) is 28.7 Å². The Morgan fingerprint density at radius 1 is 1.22 bits per heavy atom. The highest BCUT2D eigenvalue weighted by Gasteiger charge is 2.31. The summed E-state index contributed by atoms with van der Waals surface area (Å²) in [6.45, 7) is 0.379. The van der Waals surface area contributed by atoms with Gasteiger partial charge < -0.3 is 10.2 Å². The van der Waals surface area contributed by atoms with Gasteiger partial charge in [-0.3, -0.25) is 9.59 Å². The molecule has 2 aromatic carbocycles. The number of nitrogens with zero attached hydrogens (tertiary/aromatic N) is 1. The van der Waals surface area contributed by atoms with Gasteiger partial charge in [-0.05, 0) is 42.5 Å². The summed E-state index contributed by atoms with van der Waals surface area (Å²) in [6, 6.07) is 12.6. The third kappa shape index (κ3) is 3.59. The SMILES string of the molecule is O=C(N[C@H]1CC(=O)N(c2ccc(F)cc2)C1)c1cccc(Br)c1. The Kier molecular flexibility index (Phi) is 4.43. The molecule has 118 valence electrons. The van der Waals surface area contributed by atoms with Crippen LogP contribution in [0.2, 0.25) is 0 Å². The molecule has 0 unspecified atom stereocenters. The molecule has 1 atom stereocenters. The highest BCUT2D eigenvalue weighted by atomic mass is 79.9. The summed E-state index contributed by atoms with van der Waals surface area (Å²) >= 11 is 3.33. The van der Waals surface area contributed by atoms with Crippen LogP contribution in [0.15, 0.2) is 53.0 Å². The van der Waals surface area contributed by atoms with Crippen LogP contribution < -0.4 is 10.2 Å². The maximum Gasteiger partial charge on any atom is 0.251 e. The van der Waals surface area contributed by atoms with Crippen molar-refractivity contribution in [1.29, 1.82) is 0 Å². The Labute approximate surface area is 141 Å². The molecule has 3 rings (SSSR count). The molecule has 0 radical (unpaired) electrons. The Morgan fingerprint density at radius 2 is 1.96 bits per heavy atom. The number of carbonyl (C=O) groups excluding carboxylic acids is 2. The molecule has 4 nitrogen and oxygen atoms in total. The summed E-state index contributed by atoms with van der Waals surface area (Å²) in [7, 11) is 0. The number of rotatable bonds is 3. The molecule has 0 spiro atoms. The topological polar surface area (TPSA) is 49.4 Å². The number of benzene rings is 2. The van der Waals surface area contributed by atoms with Crippen LogP contribution >= 0.6 is 15.9 Å². The second-order valence-electron chi connectivity index (χ2n) is 5.37. The fourth-order valence-electron chi connectivity index (χ4n) is 2.57. The molecule has 1 aliphatic heterocycles. The van der Waals surface area contributed by atoms with E-state index in [0.29, 0.717) is 17.8 Å². The smallest absolute Gasteiger partial charge is 0.251 e. The first-order valence-electron chi connectivity index (χ1n) is 7.15. The summed E-state index contributed by atoms with van der Waals surface area (Å²) in [5, 5.41) is 2.87. The Balaban J connectivity index is 1.68. The lowest BCUT2D eigenvalue weighted by Gasteiger charge is -2.17. The summed E-state index contributed by atoms with van der Waals surface area (Å²) in [6.07, 6.45) is 0.233. The van der Waals surface area contributed by atoms with Gasteiger partial charge in [-0.25, -0.2) is 4.39 Å². The third-order valence-electron chi connectivity index (χ3n) is 3.69. The van der Waals surface area contributed by atoms with Crippen molar-refractivity contribution in [3.8, 4) is 0 Å². The average Bonchev–Trinajstić information content (AvgIpc) is 2.88. The van der Waals surface area contributed by atoms with Crippen LogP contribution in [0.3, 0.4) is 0 Å². The van der Waals surface area contributed by atoms with E-state index in [1.54, 1.807) is 35.2 Å². The van der Waals surface area contributed by atoms with Crippen LogP contribution in [0.1, 0.15) is 16.8 Å².